The number of carboxylic acid groups (broad SMARTS) is 1. The van der Waals surface area contributed by atoms with E-state index in [1.807, 2.05) is 0 Å². The summed E-state index contributed by atoms with van der Waals surface area (Å²) >= 11 is 0. The molecule has 19 heavy (non-hydrogen) atoms. The van der Waals surface area contributed by atoms with Gasteiger partial charge in [-0.1, -0.05) is 0 Å². The minimum atomic E-state index is -0.868. The predicted octanol–water partition coefficient (Wildman–Crippen LogP) is -0.181. The first-order chi connectivity index (χ1) is 9.04. The summed E-state index contributed by atoms with van der Waals surface area (Å²) in [5.74, 6) is 1.39. The molecule has 6 nitrogen and oxygen atoms in total. The highest BCUT2D eigenvalue weighted by Gasteiger charge is 2.26. The second kappa shape index (κ2) is 7.77. The van der Waals surface area contributed by atoms with Crippen molar-refractivity contribution < 1.29 is 19.4 Å². The third-order valence-electron chi connectivity index (χ3n) is 3.08. The number of carboxylic acids is 1. The Bertz CT molecular complexity index is 356. The number of terminal acetylenes is 1. The molecule has 0 aromatic carbocycles. The third kappa shape index (κ3) is 5.28. The van der Waals surface area contributed by atoms with Gasteiger partial charge < -0.3 is 20.5 Å². The van der Waals surface area contributed by atoms with Crippen molar-refractivity contribution in [1.29, 1.82) is 0 Å². The monoisotopic (exact) mass is 268 g/mol. The fourth-order valence-electron chi connectivity index (χ4n) is 2.00. The molecule has 0 bridgehead atoms. The van der Waals surface area contributed by atoms with Crippen LogP contribution in [0, 0.1) is 12.3 Å². The molecular weight excluding hydrogens is 248 g/mol. The van der Waals surface area contributed by atoms with Gasteiger partial charge in [-0.05, 0) is 12.8 Å². The van der Waals surface area contributed by atoms with Crippen molar-refractivity contribution >= 4 is 11.9 Å². The van der Waals surface area contributed by atoms with E-state index in [2.05, 4.69) is 5.92 Å². The highest BCUT2D eigenvalue weighted by molar-refractivity contribution is 5.82. The quantitative estimate of drug-likeness (QED) is 0.652. The van der Waals surface area contributed by atoms with Crippen LogP contribution in [0.15, 0.2) is 0 Å². The number of piperidine rings is 1. The summed E-state index contributed by atoms with van der Waals surface area (Å²) in [5.41, 5.74) is 5.68. The van der Waals surface area contributed by atoms with Crippen LogP contribution >= 0.6 is 0 Å². The van der Waals surface area contributed by atoms with E-state index in [4.69, 9.17) is 22.0 Å². The largest absolute Gasteiger partial charge is 0.481 e. The molecule has 0 spiro atoms. The number of nitrogens with zero attached hydrogens (tertiary/aromatic N) is 1. The summed E-state index contributed by atoms with van der Waals surface area (Å²) < 4.78 is 5.45. The maximum absolute atomic E-state index is 11.9. The molecule has 1 aliphatic heterocycles. The second-order valence-corrected chi connectivity index (χ2v) is 4.55. The predicted molar refractivity (Wildman–Crippen MR) is 69.2 cm³/mol. The summed E-state index contributed by atoms with van der Waals surface area (Å²) in [7, 11) is 0. The van der Waals surface area contributed by atoms with Crippen LogP contribution in [0.25, 0.3) is 0 Å². The van der Waals surface area contributed by atoms with E-state index in [1.165, 1.54) is 0 Å². The molecule has 1 amide bonds. The van der Waals surface area contributed by atoms with E-state index in [0.717, 1.165) is 0 Å². The smallest absolute Gasteiger partial charge is 0.305 e. The van der Waals surface area contributed by atoms with Gasteiger partial charge in [0, 0.05) is 19.5 Å². The topological polar surface area (TPSA) is 92.9 Å². The zero-order chi connectivity index (χ0) is 14.3. The zero-order valence-corrected chi connectivity index (χ0v) is 10.9. The summed E-state index contributed by atoms with van der Waals surface area (Å²) in [6.07, 6.45) is 6.81. The maximum atomic E-state index is 11.9. The molecular formula is C13H20N2O4. The standard InChI is InChI=1S/C13H20N2O4/c1-2-3-11(14)13(18)15-7-4-10(5-8-15)19-9-6-12(16)17/h1,10-11H,3-9,14H2,(H,16,17). The van der Waals surface area contributed by atoms with E-state index in [0.29, 0.717) is 25.9 Å². The highest BCUT2D eigenvalue weighted by atomic mass is 16.5. The summed E-state index contributed by atoms with van der Waals surface area (Å²) in [5, 5.41) is 8.51. The van der Waals surface area contributed by atoms with Crippen LogP contribution in [0.3, 0.4) is 0 Å². The summed E-state index contributed by atoms with van der Waals surface area (Å²) in [6, 6.07) is -0.630. The minimum absolute atomic E-state index is 0.00614. The number of rotatable bonds is 6. The number of likely N-dealkylation sites (tertiary alicyclic amines) is 1. The van der Waals surface area contributed by atoms with Gasteiger partial charge in [-0.3, -0.25) is 9.59 Å². The fraction of sp³-hybridized carbons (Fsp3) is 0.692. The molecule has 1 aliphatic rings. The number of aliphatic carboxylic acids is 1. The number of hydrogen-bond acceptors (Lipinski definition) is 4. The van der Waals surface area contributed by atoms with E-state index in [-0.39, 0.29) is 31.5 Å². The first kappa shape index (κ1) is 15.5. The van der Waals surface area contributed by atoms with Crippen molar-refractivity contribution in [2.75, 3.05) is 19.7 Å². The van der Waals surface area contributed by atoms with Crippen LogP contribution in [-0.4, -0.2) is 53.7 Å². The Hall–Kier alpha value is -1.58. The second-order valence-electron chi connectivity index (χ2n) is 4.55. The Morgan fingerprint density at radius 2 is 2.11 bits per heavy atom. The number of amides is 1. The number of carbonyl (C=O) groups is 2. The number of carbonyl (C=O) groups excluding carboxylic acids is 1. The molecule has 6 heteroatoms. The molecule has 1 saturated heterocycles. The molecule has 0 radical (unpaired) electrons. The van der Waals surface area contributed by atoms with E-state index < -0.39 is 12.0 Å². The molecule has 0 aliphatic carbocycles. The average Bonchev–Trinajstić information content (AvgIpc) is 2.38. The first-order valence-corrected chi connectivity index (χ1v) is 6.35. The van der Waals surface area contributed by atoms with Crippen molar-refractivity contribution in [2.24, 2.45) is 5.73 Å². The molecule has 106 valence electrons. The van der Waals surface area contributed by atoms with Gasteiger partial charge >= 0.3 is 5.97 Å². The molecule has 3 N–H and O–H groups in total. The summed E-state index contributed by atoms with van der Waals surface area (Å²) in [6.45, 7) is 1.37. The van der Waals surface area contributed by atoms with Gasteiger partial charge in [0.05, 0.1) is 25.2 Å². The van der Waals surface area contributed by atoms with E-state index in [1.54, 1.807) is 4.90 Å². The van der Waals surface area contributed by atoms with Crippen LogP contribution in [0.5, 0.6) is 0 Å². The van der Waals surface area contributed by atoms with E-state index in [9.17, 15) is 9.59 Å². The average molecular weight is 268 g/mol. The Morgan fingerprint density at radius 1 is 1.47 bits per heavy atom. The van der Waals surface area contributed by atoms with Crippen LogP contribution in [-0.2, 0) is 14.3 Å². The van der Waals surface area contributed by atoms with Gasteiger partial charge in [0.1, 0.15) is 0 Å². The van der Waals surface area contributed by atoms with Crippen molar-refractivity contribution in [3.05, 3.63) is 0 Å². The molecule has 1 rings (SSSR count). The van der Waals surface area contributed by atoms with Gasteiger partial charge in [0.2, 0.25) is 5.91 Å². The highest BCUT2D eigenvalue weighted by Crippen LogP contribution is 2.15. The molecule has 1 fully saturated rings. The Labute approximate surface area is 112 Å². The normalized spacial score (nSPS) is 17.8. The van der Waals surface area contributed by atoms with Gasteiger partial charge in [-0.15, -0.1) is 12.3 Å². The Balaban J connectivity index is 2.27. The zero-order valence-electron chi connectivity index (χ0n) is 10.9. The lowest BCUT2D eigenvalue weighted by atomic mass is 10.1. The van der Waals surface area contributed by atoms with Crippen molar-refractivity contribution in [2.45, 2.75) is 37.8 Å². The lowest BCUT2D eigenvalue weighted by Crippen LogP contribution is -2.48. The Kier molecular flexibility index (Phi) is 6.33. The van der Waals surface area contributed by atoms with E-state index >= 15 is 0 Å². The third-order valence-corrected chi connectivity index (χ3v) is 3.08. The van der Waals surface area contributed by atoms with Crippen molar-refractivity contribution in [1.82, 2.24) is 4.90 Å². The number of hydrogen-bond donors (Lipinski definition) is 2. The molecule has 1 atom stereocenters. The molecule has 1 heterocycles. The van der Waals surface area contributed by atoms with Crippen LogP contribution in [0.1, 0.15) is 25.7 Å². The summed E-state index contributed by atoms with van der Waals surface area (Å²) in [4.78, 5) is 23.9. The van der Waals surface area contributed by atoms with Gasteiger partial charge in [-0.25, -0.2) is 0 Å². The van der Waals surface area contributed by atoms with Gasteiger partial charge in [0.25, 0.3) is 0 Å². The van der Waals surface area contributed by atoms with Crippen molar-refractivity contribution in [3.63, 3.8) is 0 Å². The SMILES string of the molecule is C#CCC(N)C(=O)N1CCC(OCCC(=O)O)CC1. The lowest BCUT2D eigenvalue weighted by Gasteiger charge is -2.33. The minimum Gasteiger partial charge on any atom is -0.481 e. The van der Waals surface area contributed by atoms with Crippen LogP contribution < -0.4 is 5.73 Å². The van der Waals surface area contributed by atoms with Crippen molar-refractivity contribution in [3.8, 4) is 12.3 Å². The first-order valence-electron chi connectivity index (χ1n) is 6.35. The molecule has 1 unspecified atom stereocenters. The number of ether oxygens (including phenoxy) is 1. The number of nitrogens with two attached hydrogens (primary N) is 1. The van der Waals surface area contributed by atoms with Gasteiger partial charge in [-0.2, -0.15) is 0 Å². The van der Waals surface area contributed by atoms with Gasteiger partial charge in [0.15, 0.2) is 0 Å². The fourth-order valence-corrected chi connectivity index (χ4v) is 2.00. The van der Waals surface area contributed by atoms with Crippen LogP contribution in [0.2, 0.25) is 0 Å². The lowest BCUT2D eigenvalue weighted by molar-refractivity contribution is -0.139. The molecule has 0 aromatic rings. The van der Waals surface area contributed by atoms with Crippen LogP contribution in [0.4, 0.5) is 0 Å². The Morgan fingerprint density at radius 3 is 2.63 bits per heavy atom. The molecule has 0 aromatic heterocycles. The maximum Gasteiger partial charge on any atom is 0.305 e. The molecule has 0 saturated carbocycles.